The number of nitrogens with one attached hydrogen (secondary N) is 2. The van der Waals surface area contributed by atoms with Crippen LogP contribution in [-0.2, 0) is 10.0 Å². The third-order valence-corrected chi connectivity index (χ3v) is 4.97. The van der Waals surface area contributed by atoms with Crippen LogP contribution in [0.15, 0.2) is 65.6 Å². The van der Waals surface area contributed by atoms with Crippen LogP contribution in [0.5, 0.6) is 11.5 Å². The van der Waals surface area contributed by atoms with Crippen LogP contribution >= 0.6 is 0 Å². The fourth-order valence-corrected chi connectivity index (χ4v) is 3.39. The minimum absolute atomic E-state index is 0.130. The van der Waals surface area contributed by atoms with E-state index in [0.717, 1.165) is 5.69 Å². The molecule has 8 nitrogen and oxygen atoms in total. The summed E-state index contributed by atoms with van der Waals surface area (Å²) in [6, 6.07) is 16.6. The summed E-state index contributed by atoms with van der Waals surface area (Å²) in [7, 11) is -3.70. The molecule has 3 aromatic rings. The molecule has 2 N–H and O–H groups in total. The third kappa shape index (κ3) is 3.38. The van der Waals surface area contributed by atoms with Crippen molar-refractivity contribution in [3.63, 3.8) is 0 Å². The molecule has 9 heteroatoms. The van der Waals surface area contributed by atoms with Gasteiger partial charge in [0.25, 0.3) is 10.0 Å². The predicted molar refractivity (Wildman–Crippen MR) is 95.1 cm³/mol. The van der Waals surface area contributed by atoms with Crippen LogP contribution in [0.4, 0.5) is 17.3 Å². The highest BCUT2D eigenvalue weighted by molar-refractivity contribution is 7.92. The highest BCUT2D eigenvalue weighted by Gasteiger charge is 2.15. The van der Waals surface area contributed by atoms with Gasteiger partial charge in [0.2, 0.25) is 6.79 Å². The quantitative estimate of drug-likeness (QED) is 0.712. The zero-order valence-electron chi connectivity index (χ0n) is 13.4. The topological polar surface area (TPSA) is 102 Å². The third-order valence-electron chi connectivity index (χ3n) is 3.60. The van der Waals surface area contributed by atoms with Crippen LogP contribution in [0.2, 0.25) is 0 Å². The van der Waals surface area contributed by atoms with Crippen molar-refractivity contribution in [2.24, 2.45) is 0 Å². The Hall–Kier alpha value is -3.33. The van der Waals surface area contributed by atoms with E-state index < -0.39 is 10.0 Å². The van der Waals surface area contributed by atoms with Crippen LogP contribution in [-0.4, -0.2) is 25.4 Å². The average molecular weight is 370 g/mol. The first-order valence-electron chi connectivity index (χ1n) is 7.68. The molecule has 0 aliphatic carbocycles. The van der Waals surface area contributed by atoms with Crippen LogP contribution < -0.4 is 19.5 Å². The normalized spacial score (nSPS) is 12.6. The van der Waals surface area contributed by atoms with Crippen molar-refractivity contribution in [2.45, 2.75) is 4.90 Å². The summed E-state index contributed by atoms with van der Waals surface area (Å²) in [5, 5.41) is 11.0. The first-order chi connectivity index (χ1) is 12.6. The number of hydrogen-bond donors (Lipinski definition) is 2. The van der Waals surface area contributed by atoms with Gasteiger partial charge in [0.15, 0.2) is 23.1 Å². The lowest BCUT2D eigenvalue weighted by atomic mass is 10.3. The molecule has 132 valence electrons. The molecule has 0 amide bonds. The molecule has 0 unspecified atom stereocenters. The summed E-state index contributed by atoms with van der Waals surface area (Å²) >= 11 is 0. The minimum atomic E-state index is -3.70. The fourth-order valence-electron chi connectivity index (χ4n) is 2.37. The van der Waals surface area contributed by atoms with Crippen molar-refractivity contribution in [3.05, 3.63) is 60.7 Å². The standard InChI is InChI=1S/C17H14N4O4S/c22-26(23,13-4-2-1-3-5-13)21-17-9-8-16(19-20-17)18-12-6-7-14-15(10-12)25-11-24-14/h1-10H,11H2,(H,18,19)(H,20,21). The Morgan fingerprint density at radius 2 is 1.58 bits per heavy atom. The minimum Gasteiger partial charge on any atom is -0.454 e. The fraction of sp³-hybridized carbons (Fsp3) is 0.0588. The van der Waals surface area contributed by atoms with Gasteiger partial charge in [-0.3, -0.25) is 4.72 Å². The van der Waals surface area contributed by atoms with Crippen LogP contribution in [0, 0.1) is 0 Å². The molecule has 1 aliphatic rings. The van der Waals surface area contributed by atoms with Gasteiger partial charge in [0.05, 0.1) is 4.90 Å². The number of anilines is 3. The number of sulfonamides is 1. The molecule has 1 aromatic heterocycles. The Labute approximate surface area is 149 Å². The van der Waals surface area contributed by atoms with Crippen molar-refractivity contribution in [3.8, 4) is 11.5 Å². The second-order valence-electron chi connectivity index (χ2n) is 5.42. The van der Waals surface area contributed by atoms with Crippen LogP contribution in [0.1, 0.15) is 0 Å². The molecule has 0 atom stereocenters. The summed E-state index contributed by atoms with van der Waals surface area (Å²) in [6.07, 6.45) is 0. The zero-order valence-corrected chi connectivity index (χ0v) is 14.2. The SMILES string of the molecule is O=S(=O)(Nc1ccc(Nc2ccc3c(c2)OCO3)nn1)c1ccccc1. The maximum atomic E-state index is 12.3. The van der Waals surface area contributed by atoms with Crippen molar-refractivity contribution >= 4 is 27.3 Å². The maximum absolute atomic E-state index is 12.3. The number of hydrogen-bond acceptors (Lipinski definition) is 7. The van der Waals surface area contributed by atoms with Crippen LogP contribution in [0.3, 0.4) is 0 Å². The van der Waals surface area contributed by atoms with E-state index in [9.17, 15) is 8.42 Å². The van der Waals surface area contributed by atoms with Gasteiger partial charge in [-0.2, -0.15) is 0 Å². The van der Waals surface area contributed by atoms with Gasteiger partial charge in [-0.15, -0.1) is 10.2 Å². The molecule has 2 aromatic carbocycles. The van der Waals surface area contributed by atoms with E-state index in [1.807, 2.05) is 6.07 Å². The van der Waals surface area contributed by atoms with Gasteiger partial charge < -0.3 is 14.8 Å². The number of nitrogens with zero attached hydrogens (tertiary/aromatic N) is 2. The van der Waals surface area contributed by atoms with E-state index in [1.54, 1.807) is 36.4 Å². The second-order valence-corrected chi connectivity index (χ2v) is 7.10. The van der Waals surface area contributed by atoms with Gasteiger partial charge in [0, 0.05) is 11.8 Å². The molecule has 4 rings (SSSR count). The molecular formula is C17H14N4O4S. The lowest BCUT2D eigenvalue weighted by molar-refractivity contribution is 0.174. The van der Waals surface area contributed by atoms with E-state index in [-0.39, 0.29) is 17.5 Å². The Bertz CT molecular complexity index is 1020. The van der Waals surface area contributed by atoms with Crippen molar-refractivity contribution < 1.29 is 17.9 Å². The lowest BCUT2D eigenvalue weighted by Crippen LogP contribution is -2.14. The second kappa shape index (κ2) is 6.52. The van der Waals surface area contributed by atoms with Gasteiger partial charge in [-0.1, -0.05) is 18.2 Å². The molecule has 1 aliphatic heterocycles. The number of aromatic nitrogens is 2. The average Bonchev–Trinajstić information content (AvgIpc) is 3.12. The Morgan fingerprint density at radius 1 is 0.846 bits per heavy atom. The Balaban J connectivity index is 1.47. The lowest BCUT2D eigenvalue weighted by Gasteiger charge is -2.08. The monoisotopic (exact) mass is 370 g/mol. The summed E-state index contributed by atoms with van der Waals surface area (Å²) in [6.45, 7) is 0.203. The highest BCUT2D eigenvalue weighted by atomic mass is 32.2. The number of benzene rings is 2. The van der Waals surface area contributed by atoms with Crippen molar-refractivity contribution in [1.82, 2.24) is 10.2 Å². The molecule has 0 spiro atoms. The maximum Gasteiger partial charge on any atom is 0.263 e. The predicted octanol–water partition coefficient (Wildman–Crippen LogP) is 2.75. The molecule has 2 heterocycles. The first-order valence-corrected chi connectivity index (χ1v) is 9.17. The number of rotatable bonds is 5. The summed E-state index contributed by atoms with van der Waals surface area (Å²) < 4.78 is 37.5. The summed E-state index contributed by atoms with van der Waals surface area (Å²) in [5.74, 6) is 1.93. The van der Waals surface area contributed by atoms with Gasteiger partial charge in [-0.05, 0) is 36.4 Å². The molecule has 0 radical (unpaired) electrons. The van der Waals surface area contributed by atoms with E-state index in [0.29, 0.717) is 17.3 Å². The van der Waals surface area contributed by atoms with Crippen molar-refractivity contribution in [2.75, 3.05) is 16.8 Å². The largest absolute Gasteiger partial charge is 0.454 e. The molecule has 0 saturated heterocycles. The highest BCUT2D eigenvalue weighted by Crippen LogP contribution is 2.34. The number of fused-ring (bicyclic) bond motifs is 1. The molecule has 26 heavy (non-hydrogen) atoms. The smallest absolute Gasteiger partial charge is 0.263 e. The van der Waals surface area contributed by atoms with Gasteiger partial charge >= 0.3 is 0 Å². The van der Waals surface area contributed by atoms with Gasteiger partial charge in [0.1, 0.15) is 0 Å². The summed E-state index contributed by atoms with van der Waals surface area (Å²) in [4.78, 5) is 0.157. The number of ether oxygens (including phenoxy) is 2. The molecule has 0 saturated carbocycles. The van der Waals surface area contributed by atoms with E-state index >= 15 is 0 Å². The Morgan fingerprint density at radius 3 is 2.35 bits per heavy atom. The van der Waals surface area contributed by atoms with E-state index in [4.69, 9.17) is 9.47 Å². The Kier molecular flexibility index (Phi) is 4.05. The molecule has 0 bridgehead atoms. The molecule has 0 fully saturated rings. The van der Waals surface area contributed by atoms with E-state index in [1.165, 1.54) is 18.2 Å². The van der Waals surface area contributed by atoms with Gasteiger partial charge in [-0.25, -0.2) is 8.42 Å². The first kappa shape index (κ1) is 16.2. The van der Waals surface area contributed by atoms with Crippen molar-refractivity contribution in [1.29, 1.82) is 0 Å². The zero-order chi connectivity index (χ0) is 18.0. The summed E-state index contributed by atoms with van der Waals surface area (Å²) in [5.41, 5.74) is 0.751. The molecular weight excluding hydrogens is 356 g/mol. The van der Waals surface area contributed by atoms with E-state index in [2.05, 4.69) is 20.2 Å². The van der Waals surface area contributed by atoms with Crippen LogP contribution in [0.25, 0.3) is 0 Å².